The van der Waals surface area contributed by atoms with E-state index < -0.39 is 22.1 Å². The molecule has 0 spiro atoms. The molecule has 2 heterocycles. The van der Waals surface area contributed by atoms with Gasteiger partial charge in [0.25, 0.3) is 5.56 Å². The van der Waals surface area contributed by atoms with Gasteiger partial charge in [0.15, 0.2) is 5.76 Å². The quantitative estimate of drug-likeness (QED) is 0.0872. The number of furan rings is 1. The van der Waals surface area contributed by atoms with E-state index in [2.05, 4.69) is 26.0 Å². The molecule has 0 aliphatic heterocycles. The van der Waals surface area contributed by atoms with Crippen molar-refractivity contribution in [2.75, 3.05) is 7.11 Å². The summed E-state index contributed by atoms with van der Waals surface area (Å²) in [7, 11) is 1.54. The number of methoxy groups -OCH3 is 1. The minimum absolute atomic E-state index is 0.0820. The Kier molecular flexibility index (Phi) is 6.47. The summed E-state index contributed by atoms with van der Waals surface area (Å²) >= 11 is 3.22. The first-order valence-corrected chi connectivity index (χ1v) is 11.9. The number of esters is 1. The average Bonchev–Trinajstić information content (AvgIpc) is 3.33. The van der Waals surface area contributed by atoms with E-state index in [1.807, 2.05) is 0 Å². The van der Waals surface area contributed by atoms with Crippen LogP contribution >= 0.6 is 15.9 Å². The van der Waals surface area contributed by atoms with Gasteiger partial charge in [0.2, 0.25) is 11.6 Å². The molecule has 190 valence electrons. The number of para-hydroxylation sites is 1. The van der Waals surface area contributed by atoms with Crippen LogP contribution in [0, 0.1) is 10.1 Å². The van der Waals surface area contributed by atoms with Crippen molar-refractivity contribution in [2.24, 2.45) is 5.10 Å². The standard InChI is InChI=1S/C26H17BrN4O7/c1-14(32)37-24-15(10-16(27)11-20(24)31(34)35)13-28-30-25(29-19-7-4-3-6-17(19)26(30)33)23-12-18-21(36-2)8-5-9-22(18)38-23/h3-13H,1-2H3. The predicted octanol–water partition coefficient (Wildman–Crippen LogP) is 5.30. The molecule has 0 bridgehead atoms. The second kappa shape index (κ2) is 9.90. The zero-order valence-corrected chi connectivity index (χ0v) is 21.5. The molecule has 11 nitrogen and oxygen atoms in total. The van der Waals surface area contributed by atoms with Crippen LogP contribution in [0.4, 0.5) is 5.69 Å². The van der Waals surface area contributed by atoms with Crippen LogP contribution in [0.15, 0.2) is 79.4 Å². The van der Waals surface area contributed by atoms with Gasteiger partial charge in [-0.15, -0.1) is 0 Å². The van der Waals surface area contributed by atoms with Gasteiger partial charge in [0.1, 0.15) is 11.3 Å². The van der Waals surface area contributed by atoms with Gasteiger partial charge in [0, 0.05) is 23.0 Å². The van der Waals surface area contributed by atoms with Gasteiger partial charge in [-0.3, -0.25) is 19.7 Å². The number of hydrogen-bond donors (Lipinski definition) is 0. The molecule has 0 saturated carbocycles. The summed E-state index contributed by atoms with van der Waals surface area (Å²) < 4.78 is 17.9. The van der Waals surface area contributed by atoms with E-state index >= 15 is 0 Å². The van der Waals surface area contributed by atoms with Crippen molar-refractivity contribution in [2.45, 2.75) is 6.92 Å². The van der Waals surface area contributed by atoms with Gasteiger partial charge in [-0.25, -0.2) is 4.98 Å². The Balaban J connectivity index is 1.75. The fraction of sp³-hybridized carbons (Fsp3) is 0.0769. The lowest BCUT2D eigenvalue weighted by atomic mass is 10.2. The summed E-state index contributed by atoms with van der Waals surface area (Å²) in [6.07, 6.45) is 1.18. The number of nitro groups is 1. The van der Waals surface area contributed by atoms with E-state index in [4.69, 9.17) is 13.9 Å². The first-order valence-electron chi connectivity index (χ1n) is 11.1. The van der Waals surface area contributed by atoms with Crippen LogP contribution in [0.25, 0.3) is 33.5 Å². The second-order valence-electron chi connectivity index (χ2n) is 7.99. The minimum atomic E-state index is -0.758. The number of nitro benzene ring substituents is 1. The van der Waals surface area contributed by atoms with E-state index in [9.17, 15) is 19.7 Å². The Hall–Kier alpha value is -4.84. The predicted molar refractivity (Wildman–Crippen MR) is 143 cm³/mol. The molecular weight excluding hydrogens is 560 g/mol. The number of carbonyl (C=O) groups is 1. The third-order valence-corrected chi connectivity index (χ3v) is 5.99. The van der Waals surface area contributed by atoms with Crippen LogP contribution in [-0.4, -0.2) is 33.9 Å². The second-order valence-corrected chi connectivity index (χ2v) is 8.91. The highest BCUT2D eigenvalue weighted by atomic mass is 79.9. The monoisotopic (exact) mass is 576 g/mol. The molecule has 2 aromatic heterocycles. The van der Waals surface area contributed by atoms with Gasteiger partial charge in [-0.05, 0) is 36.4 Å². The third-order valence-electron chi connectivity index (χ3n) is 5.53. The molecular formula is C26H17BrN4O7. The molecule has 0 fully saturated rings. The maximum absolute atomic E-state index is 13.5. The number of rotatable bonds is 6. The SMILES string of the molecule is COc1cccc2oc(-c3nc4ccccc4c(=O)n3N=Cc3cc(Br)cc([N+](=O)[O-])c3OC(C)=O)cc12. The van der Waals surface area contributed by atoms with Gasteiger partial charge in [-0.1, -0.05) is 34.1 Å². The molecule has 0 atom stereocenters. The first kappa shape index (κ1) is 24.8. The molecule has 5 aromatic rings. The maximum Gasteiger partial charge on any atom is 0.313 e. The van der Waals surface area contributed by atoms with Crippen LogP contribution in [0.1, 0.15) is 12.5 Å². The first-order chi connectivity index (χ1) is 18.3. The summed E-state index contributed by atoms with van der Waals surface area (Å²) in [6.45, 7) is 1.12. The van der Waals surface area contributed by atoms with E-state index in [0.29, 0.717) is 32.1 Å². The molecule has 38 heavy (non-hydrogen) atoms. The van der Waals surface area contributed by atoms with Crippen molar-refractivity contribution in [1.29, 1.82) is 0 Å². The topological polar surface area (TPSA) is 139 Å². The molecule has 3 aromatic carbocycles. The summed E-state index contributed by atoms with van der Waals surface area (Å²) in [5, 5.41) is 16.9. The largest absolute Gasteiger partial charge is 0.496 e. The van der Waals surface area contributed by atoms with E-state index in [1.165, 1.54) is 25.5 Å². The molecule has 0 aliphatic carbocycles. The fourth-order valence-corrected chi connectivity index (χ4v) is 4.38. The van der Waals surface area contributed by atoms with E-state index in [1.54, 1.807) is 48.5 Å². The lowest BCUT2D eigenvalue weighted by molar-refractivity contribution is -0.385. The lowest BCUT2D eigenvalue weighted by Gasteiger charge is -2.09. The number of aromatic nitrogens is 2. The Morgan fingerprint density at radius 3 is 2.68 bits per heavy atom. The summed E-state index contributed by atoms with van der Waals surface area (Å²) in [4.78, 5) is 40.8. The van der Waals surface area contributed by atoms with Crippen LogP contribution in [0.2, 0.25) is 0 Å². The summed E-state index contributed by atoms with van der Waals surface area (Å²) in [6, 6.07) is 16.4. The molecule has 0 saturated heterocycles. The number of halogens is 1. The molecule has 0 aliphatic rings. The third kappa shape index (κ3) is 4.52. The minimum Gasteiger partial charge on any atom is -0.496 e. The van der Waals surface area contributed by atoms with Crippen LogP contribution in [-0.2, 0) is 4.79 Å². The average molecular weight is 577 g/mol. The molecule has 0 unspecified atom stereocenters. The Bertz CT molecular complexity index is 1840. The Labute approximate surface area is 222 Å². The van der Waals surface area contributed by atoms with Crippen molar-refractivity contribution < 1.29 is 23.6 Å². The Morgan fingerprint density at radius 2 is 1.95 bits per heavy atom. The van der Waals surface area contributed by atoms with Gasteiger partial charge < -0.3 is 13.9 Å². The molecule has 0 amide bonds. The van der Waals surface area contributed by atoms with E-state index in [-0.39, 0.29) is 22.9 Å². The summed E-state index contributed by atoms with van der Waals surface area (Å²) in [5.41, 5.74) is 0.0538. The number of fused-ring (bicyclic) bond motifs is 2. The van der Waals surface area contributed by atoms with Crippen molar-refractivity contribution in [1.82, 2.24) is 9.66 Å². The van der Waals surface area contributed by atoms with Crippen molar-refractivity contribution in [3.63, 3.8) is 0 Å². The van der Waals surface area contributed by atoms with Crippen LogP contribution in [0.5, 0.6) is 11.5 Å². The molecule has 0 N–H and O–H groups in total. The molecule has 0 radical (unpaired) electrons. The van der Waals surface area contributed by atoms with Crippen LogP contribution < -0.4 is 15.0 Å². The highest BCUT2D eigenvalue weighted by Gasteiger charge is 2.23. The molecule has 5 rings (SSSR count). The van der Waals surface area contributed by atoms with Gasteiger partial charge >= 0.3 is 11.7 Å². The highest BCUT2D eigenvalue weighted by Crippen LogP contribution is 2.35. The number of benzene rings is 3. The highest BCUT2D eigenvalue weighted by molar-refractivity contribution is 9.10. The van der Waals surface area contributed by atoms with Crippen LogP contribution in [0.3, 0.4) is 0 Å². The van der Waals surface area contributed by atoms with Gasteiger partial charge in [0.05, 0.1) is 34.5 Å². The maximum atomic E-state index is 13.5. The smallest absolute Gasteiger partial charge is 0.313 e. The van der Waals surface area contributed by atoms with Crippen molar-refractivity contribution >= 4 is 55.7 Å². The number of ether oxygens (including phenoxy) is 2. The number of nitrogens with zero attached hydrogens (tertiary/aromatic N) is 4. The van der Waals surface area contributed by atoms with Crippen molar-refractivity contribution in [3.05, 3.63) is 91.2 Å². The zero-order chi connectivity index (χ0) is 27.0. The van der Waals surface area contributed by atoms with Gasteiger partial charge in [-0.2, -0.15) is 9.78 Å². The summed E-state index contributed by atoms with van der Waals surface area (Å²) in [5.74, 6) is -0.173. The zero-order valence-electron chi connectivity index (χ0n) is 19.9. The lowest BCUT2D eigenvalue weighted by Crippen LogP contribution is -2.20. The number of hydrogen-bond acceptors (Lipinski definition) is 9. The van der Waals surface area contributed by atoms with E-state index in [0.717, 1.165) is 11.6 Å². The Morgan fingerprint density at radius 1 is 1.16 bits per heavy atom. The van der Waals surface area contributed by atoms with Crippen molar-refractivity contribution in [3.8, 4) is 23.1 Å². The fourth-order valence-electron chi connectivity index (χ4n) is 3.92. The normalized spacial score (nSPS) is 11.3. The number of carbonyl (C=O) groups excluding carboxylic acids is 1. The molecule has 12 heteroatoms.